The Labute approximate surface area is 141 Å². The van der Waals surface area contributed by atoms with Crippen molar-refractivity contribution < 1.29 is 27.7 Å². The van der Waals surface area contributed by atoms with E-state index in [9.17, 15) is 22.8 Å². The molecule has 3 N–H and O–H groups in total. The number of fused-ring (bicyclic) bond motifs is 1. The van der Waals surface area contributed by atoms with E-state index in [1.165, 1.54) is 10.4 Å². The van der Waals surface area contributed by atoms with E-state index in [1.807, 2.05) is 5.32 Å². The van der Waals surface area contributed by atoms with Crippen LogP contribution >= 0.6 is 11.3 Å². The molecule has 132 valence electrons. The third kappa shape index (κ3) is 4.27. The second-order valence-electron chi connectivity index (χ2n) is 6.30. The minimum Gasteiger partial charge on any atom is -0.329 e. The lowest BCUT2D eigenvalue weighted by molar-refractivity contribution is -0.928. The van der Waals surface area contributed by atoms with Crippen LogP contribution in [0, 0.1) is 5.92 Å². The molecule has 9 heteroatoms. The lowest BCUT2D eigenvalue weighted by Gasteiger charge is -2.32. The monoisotopic (exact) mass is 362 g/mol. The second-order valence-corrected chi connectivity index (χ2v) is 7.30. The lowest BCUT2D eigenvalue weighted by Crippen LogP contribution is -3.14. The van der Waals surface area contributed by atoms with E-state index in [4.69, 9.17) is 0 Å². The highest BCUT2D eigenvalue weighted by Gasteiger charge is 2.43. The molecule has 1 fully saturated rings. The average Bonchev–Trinajstić information content (AvgIpc) is 3.20. The number of carbonyl (C=O) groups excluding carboxylic acids is 2. The van der Waals surface area contributed by atoms with E-state index >= 15 is 0 Å². The Bertz CT molecular complexity index is 628. The third-order valence-electron chi connectivity index (χ3n) is 4.41. The van der Waals surface area contributed by atoms with Crippen molar-refractivity contribution >= 4 is 23.3 Å². The number of halogens is 3. The first kappa shape index (κ1) is 17.2. The molecule has 0 saturated heterocycles. The van der Waals surface area contributed by atoms with Crippen molar-refractivity contribution in [3.63, 3.8) is 0 Å². The molecule has 1 aromatic heterocycles. The van der Waals surface area contributed by atoms with Crippen LogP contribution in [0.1, 0.15) is 29.3 Å². The first-order valence-electron chi connectivity index (χ1n) is 7.89. The Hall–Kier alpha value is -1.61. The van der Waals surface area contributed by atoms with Gasteiger partial charge in [0.1, 0.15) is 12.6 Å². The van der Waals surface area contributed by atoms with E-state index < -0.39 is 24.7 Å². The van der Waals surface area contributed by atoms with E-state index in [0.717, 1.165) is 30.7 Å². The van der Waals surface area contributed by atoms with Crippen LogP contribution in [0.25, 0.3) is 0 Å². The number of quaternary nitrogens is 1. The van der Waals surface area contributed by atoms with E-state index in [1.54, 1.807) is 16.7 Å². The number of hydrogen-bond acceptors (Lipinski definition) is 3. The summed E-state index contributed by atoms with van der Waals surface area (Å²) in [6.45, 7) is -0.562. The van der Waals surface area contributed by atoms with Crippen LogP contribution in [0.3, 0.4) is 0 Å². The number of hydrogen-bond donors (Lipinski definition) is 3. The Morgan fingerprint density at radius 3 is 2.75 bits per heavy atom. The molecular formula is C15H19F3N3O2S+. The van der Waals surface area contributed by atoms with Crippen LogP contribution in [-0.2, 0) is 11.2 Å². The Morgan fingerprint density at radius 1 is 1.33 bits per heavy atom. The molecular weight excluding hydrogens is 343 g/mol. The molecule has 0 radical (unpaired) electrons. The summed E-state index contributed by atoms with van der Waals surface area (Å²) >= 11 is 1.73. The molecule has 0 aromatic carbocycles. The van der Waals surface area contributed by atoms with Gasteiger partial charge in [-0.3, -0.25) is 10.1 Å². The maximum atomic E-state index is 12.1. The molecule has 1 aromatic rings. The van der Waals surface area contributed by atoms with E-state index in [-0.39, 0.29) is 12.6 Å². The normalized spacial score (nSPS) is 23.5. The highest BCUT2D eigenvalue weighted by atomic mass is 32.1. The summed E-state index contributed by atoms with van der Waals surface area (Å²) in [6, 6.07) is 1.26. The smallest absolute Gasteiger partial charge is 0.329 e. The second kappa shape index (κ2) is 6.72. The maximum Gasteiger partial charge on any atom is 0.405 e. The fraction of sp³-hybridized carbons (Fsp3) is 0.600. The molecule has 3 rings (SSSR count). The molecule has 1 saturated carbocycles. The molecule has 2 atom stereocenters. The molecule has 1 aliphatic heterocycles. The van der Waals surface area contributed by atoms with Gasteiger partial charge in [0.05, 0.1) is 6.54 Å². The van der Waals surface area contributed by atoms with Crippen molar-refractivity contribution in [3.8, 4) is 0 Å². The molecule has 1 aliphatic carbocycles. The molecule has 24 heavy (non-hydrogen) atoms. The number of urea groups is 1. The van der Waals surface area contributed by atoms with Gasteiger partial charge in [0.15, 0.2) is 6.54 Å². The Balaban J connectivity index is 1.55. The van der Waals surface area contributed by atoms with Gasteiger partial charge in [0, 0.05) is 22.8 Å². The van der Waals surface area contributed by atoms with Gasteiger partial charge >= 0.3 is 12.2 Å². The first-order chi connectivity index (χ1) is 11.3. The highest BCUT2D eigenvalue weighted by molar-refractivity contribution is 7.10. The van der Waals surface area contributed by atoms with E-state index in [2.05, 4.69) is 11.4 Å². The van der Waals surface area contributed by atoms with Crippen LogP contribution in [-0.4, -0.2) is 37.7 Å². The number of amides is 3. The number of carbonyl (C=O) groups is 2. The minimum absolute atomic E-state index is 0.0931. The van der Waals surface area contributed by atoms with Crippen molar-refractivity contribution in [2.24, 2.45) is 5.92 Å². The van der Waals surface area contributed by atoms with Crippen molar-refractivity contribution in [3.05, 3.63) is 21.9 Å². The zero-order valence-corrected chi connectivity index (χ0v) is 13.7. The standard InChI is InChI=1S/C15H18F3N3O2S/c16-15(17,18)8-19-14(23)20-12(22)7-21-5-3-11-10(4-6-24-11)13(21)9-1-2-9/h4,6,9,13H,1-3,5,7-8H2,(H2,19,20,22,23)/p+1/t13-/m0/s1. The zero-order chi connectivity index (χ0) is 17.3. The Kier molecular flexibility index (Phi) is 4.82. The van der Waals surface area contributed by atoms with Gasteiger partial charge in [-0.2, -0.15) is 13.2 Å². The largest absolute Gasteiger partial charge is 0.405 e. The van der Waals surface area contributed by atoms with Crippen molar-refractivity contribution in [1.29, 1.82) is 0 Å². The summed E-state index contributed by atoms with van der Waals surface area (Å²) in [5.74, 6) is 0.00881. The van der Waals surface area contributed by atoms with Crippen LogP contribution in [0.2, 0.25) is 0 Å². The fourth-order valence-electron chi connectivity index (χ4n) is 3.30. The summed E-state index contributed by atoms with van der Waals surface area (Å²) in [6.07, 6.45) is -1.34. The number of thiophene rings is 1. The molecule has 0 bridgehead atoms. The topological polar surface area (TPSA) is 62.6 Å². The molecule has 1 unspecified atom stereocenters. The maximum absolute atomic E-state index is 12.1. The molecule has 5 nitrogen and oxygen atoms in total. The number of alkyl halides is 3. The van der Waals surface area contributed by atoms with Gasteiger partial charge in [-0.25, -0.2) is 4.79 Å². The van der Waals surface area contributed by atoms with Crippen molar-refractivity contribution in [2.75, 3.05) is 19.6 Å². The summed E-state index contributed by atoms with van der Waals surface area (Å²) in [7, 11) is 0. The predicted octanol–water partition coefficient (Wildman–Crippen LogP) is 1.03. The quantitative estimate of drug-likeness (QED) is 0.749. The summed E-state index contributed by atoms with van der Waals surface area (Å²) in [5.41, 5.74) is 1.29. The van der Waals surface area contributed by atoms with Gasteiger partial charge in [-0.1, -0.05) is 0 Å². The van der Waals surface area contributed by atoms with Crippen LogP contribution in [0.15, 0.2) is 11.4 Å². The van der Waals surface area contributed by atoms with Crippen LogP contribution < -0.4 is 15.5 Å². The third-order valence-corrected chi connectivity index (χ3v) is 5.41. The molecule has 3 amide bonds. The van der Waals surface area contributed by atoms with E-state index in [0.29, 0.717) is 5.92 Å². The lowest BCUT2D eigenvalue weighted by atomic mass is 9.96. The van der Waals surface area contributed by atoms with Gasteiger partial charge in [-0.15, -0.1) is 11.3 Å². The molecule has 2 heterocycles. The van der Waals surface area contributed by atoms with Crippen LogP contribution in [0.5, 0.6) is 0 Å². The molecule has 2 aliphatic rings. The first-order valence-corrected chi connectivity index (χ1v) is 8.77. The fourth-order valence-corrected chi connectivity index (χ4v) is 4.23. The van der Waals surface area contributed by atoms with Crippen molar-refractivity contribution in [1.82, 2.24) is 10.6 Å². The molecule has 0 spiro atoms. The van der Waals surface area contributed by atoms with Gasteiger partial charge in [-0.05, 0) is 24.3 Å². The average molecular weight is 362 g/mol. The predicted molar refractivity (Wildman–Crippen MR) is 81.8 cm³/mol. The van der Waals surface area contributed by atoms with Gasteiger partial charge in [0.2, 0.25) is 0 Å². The zero-order valence-electron chi connectivity index (χ0n) is 12.9. The summed E-state index contributed by atoms with van der Waals surface area (Å²) in [4.78, 5) is 25.8. The highest BCUT2D eigenvalue weighted by Crippen LogP contribution is 2.42. The SMILES string of the molecule is O=C(C[NH+]1CCc2sccc2[C@@H]1C1CC1)NC(=O)NCC(F)(F)F. The number of nitrogens with one attached hydrogen (secondary N) is 3. The Morgan fingerprint density at radius 2 is 2.08 bits per heavy atom. The summed E-state index contributed by atoms with van der Waals surface area (Å²) in [5, 5.41) is 5.70. The van der Waals surface area contributed by atoms with Gasteiger partial charge in [0.25, 0.3) is 5.91 Å². The van der Waals surface area contributed by atoms with Crippen LogP contribution in [0.4, 0.5) is 18.0 Å². The number of imide groups is 1. The van der Waals surface area contributed by atoms with Gasteiger partial charge < -0.3 is 10.2 Å². The van der Waals surface area contributed by atoms with Crippen molar-refractivity contribution in [2.45, 2.75) is 31.5 Å². The number of rotatable bonds is 4. The minimum atomic E-state index is -4.50. The summed E-state index contributed by atoms with van der Waals surface area (Å²) < 4.78 is 36.2.